The molecule has 0 aliphatic heterocycles. The van der Waals surface area contributed by atoms with E-state index in [1.165, 1.54) is 12.8 Å². The van der Waals surface area contributed by atoms with E-state index in [9.17, 15) is 9.59 Å². The summed E-state index contributed by atoms with van der Waals surface area (Å²) in [7, 11) is 0. The van der Waals surface area contributed by atoms with Crippen LogP contribution in [0.1, 0.15) is 19.3 Å². The van der Waals surface area contributed by atoms with E-state index in [1.807, 2.05) is 0 Å². The van der Waals surface area contributed by atoms with Crippen molar-refractivity contribution < 1.29 is 14.4 Å². The molecule has 0 radical (unpaired) electrons. The molecule has 3 N–H and O–H groups in total. The summed E-state index contributed by atoms with van der Waals surface area (Å²) in [6.07, 6.45) is 2.69. The van der Waals surface area contributed by atoms with E-state index in [0.29, 0.717) is 11.8 Å². The monoisotopic (exact) mass is 263 g/mol. The molecule has 1 fully saturated rings. The summed E-state index contributed by atoms with van der Waals surface area (Å²) in [5, 5.41) is 5.31. The summed E-state index contributed by atoms with van der Waals surface area (Å²) in [4.78, 5) is 27.0. The maximum absolute atomic E-state index is 11.3. The zero-order valence-electron chi connectivity index (χ0n) is 9.63. The zero-order chi connectivity index (χ0) is 12.5. The molecule has 3 amide bonds. The molecule has 98 valence electrons. The highest BCUT2D eigenvalue weighted by Crippen LogP contribution is 2.27. The van der Waals surface area contributed by atoms with Crippen LogP contribution in [0.3, 0.4) is 0 Å². The molecule has 7 heteroatoms. The summed E-state index contributed by atoms with van der Waals surface area (Å²) < 4.78 is 0. The lowest BCUT2D eigenvalue weighted by atomic mass is 10.3. The van der Waals surface area contributed by atoms with E-state index in [-0.39, 0.29) is 25.5 Å². The van der Waals surface area contributed by atoms with Crippen molar-refractivity contribution in [3.63, 3.8) is 0 Å². The van der Waals surface area contributed by atoms with Crippen LogP contribution in [0.15, 0.2) is 0 Å². The fourth-order valence-electron chi connectivity index (χ4n) is 1.15. The van der Waals surface area contributed by atoms with Gasteiger partial charge in [-0.25, -0.2) is 10.3 Å². The van der Waals surface area contributed by atoms with Gasteiger partial charge in [-0.15, -0.1) is 11.6 Å². The fourth-order valence-corrected chi connectivity index (χ4v) is 1.23. The molecular formula is C10H18ClN3O3. The van der Waals surface area contributed by atoms with Crippen LogP contribution in [0.4, 0.5) is 4.79 Å². The highest BCUT2D eigenvalue weighted by Gasteiger charge is 2.21. The van der Waals surface area contributed by atoms with Crippen molar-refractivity contribution in [1.29, 1.82) is 0 Å². The summed E-state index contributed by atoms with van der Waals surface area (Å²) in [5.74, 6) is 0.933. The lowest BCUT2D eigenvalue weighted by Gasteiger charge is -2.07. The van der Waals surface area contributed by atoms with Gasteiger partial charge in [-0.2, -0.15) is 0 Å². The van der Waals surface area contributed by atoms with Gasteiger partial charge in [0.05, 0.1) is 6.61 Å². The third-order valence-electron chi connectivity index (χ3n) is 2.27. The molecule has 1 aliphatic rings. The molecular weight excluding hydrogens is 246 g/mol. The van der Waals surface area contributed by atoms with Gasteiger partial charge in [0.2, 0.25) is 5.91 Å². The first-order valence-corrected chi connectivity index (χ1v) is 6.24. The number of hydrogen-bond acceptors (Lipinski definition) is 3. The zero-order valence-corrected chi connectivity index (χ0v) is 10.4. The van der Waals surface area contributed by atoms with Gasteiger partial charge >= 0.3 is 6.03 Å². The Morgan fingerprint density at radius 3 is 2.71 bits per heavy atom. The molecule has 0 aromatic rings. The second-order valence-electron chi connectivity index (χ2n) is 3.89. The Morgan fingerprint density at radius 1 is 1.29 bits per heavy atom. The Kier molecular flexibility index (Phi) is 6.73. The Labute approximate surface area is 105 Å². The average Bonchev–Trinajstić information content (AvgIpc) is 3.10. The number of urea groups is 1. The normalized spacial score (nSPS) is 14.2. The Balaban J connectivity index is 1.90. The lowest BCUT2D eigenvalue weighted by Crippen LogP contribution is -2.38. The average molecular weight is 264 g/mol. The number of nitrogens with one attached hydrogen (secondary N) is 3. The van der Waals surface area contributed by atoms with Crippen molar-refractivity contribution in [2.75, 3.05) is 25.6 Å². The number of carbonyl (C=O) groups is 2. The highest BCUT2D eigenvalue weighted by atomic mass is 35.5. The van der Waals surface area contributed by atoms with Gasteiger partial charge in [-0.1, -0.05) is 0 Å². The summed E-state index contributed by atoms with van der Waals surface area (Å²) in [6, 6.07) is -0.467. The van der Waals surface area contributed by atoms with Crippen molar-refractivity contribution in [2.45, 2.75) is 19.3 Å². The number of amides is 3. The number of alkyl halides is 1. The third-order valence-corrected chi connectivity index (χ3v) is 2.42. The van der Waals surface area contributed by atoms with Gasteiger partial charge in [-0.05, 0) is 18.8 Å². The predicted molar refractivity (Wildman–Crippen MR) is 63.6 cm³/mol. The van der Waals surface area contributed by atoms with Crippen molar-refractivity contribution in [2.24, 2.45) is 5.92 Å². The topological polar surface area (TPSA) is 79.5 Å². The highest BCUT2D eigenvalue weighted by molar-refractivity contribution is 6.17. The first kappa shape index (κ1) is 14.1. The summed E-state index contributed by atoms with van der Waals surface area (Å²) in [5.41, 5.74) is 2.15. The Hall–Kier alpha value is -1.01. The summed E-state index contributed by atoms with van der Waals surface area (Å²) >= 11 is 5.35. The minimum atomic E-state index is -0.467. The van der Waals surface area contributed by atoms with Crippen molar-refractivity contribution in [3.05, 3.63) is 0 Å². The quantitative estimate of drug-likeness (QED) is 0.336. The number of hydrogen-bond donors (Lipinski definition) is 3. The minimum Gasteiger partial charge on any atom is -0.356 e. The molecule has 6 nitrogen and oxygen atoms in total. The molecule has 17 heavy (non-hydrogen) atoms. The summed E-state index contributed by atoms with van der Waals surface area (Å²) in [6.45, 7) is 1.29. The van der Waals surface area contributed by atoms with E-state index in [0.717, 1.165) is 6.54 Å². The largest absolute Gasteiger partial charge is 0.356 e. The lowest BCUT2D eigenvalue weighted by molar-refractivity contribution is -0.121. The molecule has 0 bridgehead atoms. The molecule has 0 spiro atoms. The van der Waals surface area contributed by atoms with Gasteiger partial charge in [0.25, 0.3) is 0 Å². The van der Waals surface area contributed by atoms with Crippen LogP contribution in [-0.2, 0) is 9.63 Å². The van der Waals surface area contributed by atoms with E-state index in [2.05, 4.69) is 16.1 Å². The molecule has 1 rings (SSSR count). The van der Waals surface area contributed by atoms with Gasteiger partial charge in [0, 0.05) is 25.4 Å². The van der Waals surface area contributed by atoms with Gasteiger partial charge in [0.15, 0.2) is 0 Å². The maximum atomic E-state index is 11.3. The molecule has 0 aromatic heterocycles. The number of hydroxylamine groups is 1. The third kappa shape index (κ3) is 7.82. The standard InChI is InChI=1S/C10H18ClN3O3/c11-4-6-17-14-10(16)12-5-3-9(15)13-7-8-1-2-8/h8H,1-7H2,(H,13,15)(H2,12,14,16). The van der Waals surface area contributed by atoms with Crippen LogP contribution in [0, 0.1) is 5.92 Å². The van der Waals surface area contributed by atoms with Crippen LogP contribution < -0.4 is 16.1 Å². The van der Waals surface area contributed by atoms with Gasteiger partial charge in [-0.3, -0.25) is 9.63 Å². The number of halogens is 1. The first-order valence-electron chi connectivity index (χ1n) is 5.70. The van der Waals surface area contributed by atoms with E-state index >= 15 is 0 Å². The van der Waals surface area contributed by atoms with Crippen molar-refractivity contribution in [3.8, 4) is 0 Å². The predicted octanol–water partition coefficient (Wildman–Crippen LogP) is 0.372. The maximum Gasteiger partial charge on any atom is 0.338 e. The second-order valence-corrected chi connectivity index (χ2v) is 4.27. The molecule has 1 saturated carbocycles. The van der Waals surface area contributed by atoms with Crippen molar-refractivity contribution >= 4 is 23.5 Å². The second kappa shape index (κ2) is 8.14. The van der Waals surface area contributed by atoms with Crippen LogP contribution in [-0.4, -0.2) is 37.5 Å². The van der Waals surface area contributed by atoms with Crippen LogP contribution >= 0.6 is 11.6 Å². The molecule has 0 saturated heterocycles. The van der Waals surface area contributed by atoms with E-state index in [4.69, 9.17) is 16.4 Å². The van der Waals surface area contributed by atoms with E-state index < -0.39 is 6.03 Å². The molecule has 0 unspecified atom stereocenters. The molecule has 1 aliphatic carbocycles. The fraction of sp³-hybridized carbons (Fsp3) is 0.800. The van der Waals surface area contributed by atoms with Crippen molar-refractivity contribution in [1.82, 2.24) is 16.1 Å². The van der Waals surface area contributed by atoms with Crippen LogP contribution in [0.25, 0.3) is 0 Å². The molecule has 0 heterocycles. The van der Waals surface area contributed by atoms with Crippen LogP contribution in [0.2, 0.25) is 0 Å². The molecule has 0 aromatic carbocycles. The van der Waals surface area contributed by atoms with E-state index in [1.54, 1.807) is 0 Å². The minimum absolute atomic E-state index is 0.0427. The molecule has 0 atom stereocenters. The SMILES string of the molecule is O=C(CCNC(=O)NOCCCl)NCC1CC1. The van der Waals surface area contributed by atoms with Gasteiger partial charge < -0.3 is 10.6 Å². The Morgan fingerprint density at radius 2 is 2.06 bits per heavy atom. The first-order chi connectivity index (χ1) is 8.22. The van der Waals surface area contributed by atoms with Crippen LogP contribution in [0.5, 0.6) is 0 Å². The van der Waals surface area contributed by atoms with Gasteiger partial charge in [0.1, 0.15) is 0 Å². The number of carbonyl (C=O) groups excluding carboxylic acids is 2. The smallest absolute Gasteiger partial charge is 0.338 e. The Bertz CT molecular complexity index is 259. The number of rotatable bonds is 8.